The second-order valence-corrected chi connectivity index (χ2v) is 6.05. The normalized spacial score (nSPS) is 18.3. The average Bonchev–Trinajstić information content (AvgIpc) is 2.49. The lowest BCUT2D eigenvalue weighted by atomic mass is 9.79. The molecule has 0 unspecified atom stereocenters. The molecular formula is C12H24N2O. The summed E-state index contributed by atoms with van der Waals surface area (Å²) in [4.78, 5) is 14.2. The molecule has 1 saturated heterocycles. The van der Waals surface area contributed by atoms with E-state index in [1.54, 1.807) is 0 Å². The molecule has 1 fully saturated rings. The van der Waals surface area contributed by atoms with E-state index >= 15 is 0 Å². The molecule has 1 aliphatic heterocycles. The first-order valence-electron chi connectivity index (χ1n) is 5.81. The van der Waals surface area contributed by atoms with E-state index in [0.717, 1.165) is 32.4 Å². The van der Waals surface area contributed by atoms with Crippen molar-refractivity contribution < 1.29 is 4.79 Å². The molecule has 88 valence electrons. The largest absolute Gasteiger partial charge is 0.342 e. The summed E-state index contributed by atoms with van der Waals surface area (Å²) < 4.78 is 0. The smallest absolute Gasteiger partial charge is 0.228 e. The molecule has 0 radical (unpaired) electrons. The average molecular weight is 212 g/mol. The SMILES string of the molecule is CC(C)(N)CC(C)(C)C(=O)N1CCCC1. The van der Waals surface area contributed by atoms with E-state index in [4.69, 9.17) is 5.73 Å². The highest BCUT2D eigenvalue weighted by atomic mass is 16.2. The Kier molecular flexibility index (Phi) is 3.44. The molecule has 1 aliphatic rings. The van der Waals surface area contributed by atoms with Crippen LogP contribution in [0.5, 0.6) is 0 Å². The van der Waals surface area contributed by atoms with Gasteiger partial charge in [-0.3, -0.25) is 4.79 Å². The van der Waals surface area contributed by atoms with Crippen LogP contribution in [0.15, 0.2) is 0 Å². The first-order chi connectivity index (χ1) is 6.72. The molecule has 3 nitrogen and oxygen atoms in total. The van der Waals surface area contributed by atoms with Gasteiger partial charge in [0.2, 0.25) is 5.91 Å². The molecule has 1 amide bonds. The Labute approximate surface area is 93.0 Å². The monoisotopic (exact) mass is 212 g/mol. The third kappa shape index (κ3) is 3.49. The number of rotatable bonds is 3. The van der Waals surface area contributed by atoms with Crippen LogP contribution in [0.1, 0.15) is 47.0 Å². The highest BCUT2D eigenvalue weighted by Crippen LogP contribution is 2.30. The maximum absolute atomic E-state index is 12.2. The second kappa shape index (κ2) is 4.12. The molecule has 1 heterocycles. The Morgan fingerprint density at radius 2 is 1.67 bits per heavy atom. The zero-order valence-corrected chi connectivity index (χ0v) is 10.5. The third-order valence-corrected chi connectivity index (χ3v) is 2.87. The molecule has 1 rings (SSSR count). The predicted molar refractivity (Wildman–Crippen MR) is 62.5 cm³/mol. The Balaban J connectivity index is 2.63. The van der Waals surface area contributed by atoms with Gasteiger partial charge < -0.3 is 10.6 Å². The van der Waals surface area contributed by atoms with Crippen molar-refractivity contribution in [2.75, 3.05) is 13.1 Å². The predicted octanol–water partition coefficient (Wildman–Crippen LogP) is 1.76. The number of likely N-dealkylation sites (tertiary alicyclic amines) is 1. The van der Waals surface area contributed by atoms with Crippen molar-refractivity contribution in [3.05, 3.63) is 0 Å². The van der Waals surface area contributed by atoms with Crippen molar-refractivity contribution in [3.63, 3.8) is 0 Å². The molecule has 2 N–H and O–H groups in total. The van der Waals surface area contributed by atoms with E-state index in [2.05, 4.69) is 0 Å². The fraction of sp³-hybridized carbons (Fsp3) is 0.917. The van der Waals surface area contributed by atoms with Crippen LogP contribution in [0.2, 0.25) is 0 Å². The highest BCUT2D eigenvalue weighted by Gasteiger charge is 2.36. The second-order valence-electron chi connectivity index (χ2n) is 6.05. The van der Waals surface area contributed by atoms with Gasteiger partial charge >= 0.3 is 0 Å². The summed E-state index contributed by atoms with van der Waals surface area (Å²) in [6.45, 7) is 9.81. The molecule has 3 heteroatoms. The topological polar surface area (TPSA) is 46.3 Å². The van der Waals surface area contributed by atoms with Crippen LogP contribution in [-0.2, 0) is 4.79 Å². The number of carbonyl (C=O) groups is 1. The van der Waals surface area contributed by atoms with E-state index in [1.165, 1.54) is 0 Å². The molecule has 0 aliphatic carbocycles. The zero-order valence-electron chi connectivity index (χ0n) is 10.5. The molecule has 15 heavy (non-hydrogen) atoms. The maximum Gasteiger partial charge on any atom is 0.228 e. The lowest BCUT2D eigenvalue weighted by Crippen LogP contribution is -2.45. The van der Waals surface area contributed by atoms with E-state index in [9.17, 15) is 4.79 Å². The Morgan fingerprint density at radius 1 is 1.20 bits per heavy atom. The van der Waals surface area contributed by atoms with Gasteiger partial charge in [-0.25, -0.2) is 0 Å². The molecule has 0 atom stereocenters. The van der Waals surface area contributed by atoms with E-state index < -0.39 is 0 Å². The minimum Gasteiger partial charge on any atom is -0.342 e. The lowest BCUT2D eigenvalue weighted by molar-refractivity contribution is -0.140. The fourth-order valence-electron chi connectivity index (χ4n) is 2.56. The molecule has 0 aromatic carbocycles. The van der Waals surface area contributed by atoms with Crippen molar-refractivity contribution in [2.45, 2.75) is 52.5 Å². The van der Waals surface area contributed by atoms with Gasteiger partial charge in [0.25, 0.3) is 0 Å². The van der Waals surface area contributed by atoms with Gasteiger partial charge in [-0.15, -0.1) is 0 Å². The molecule has 0 spiro atoms. The quantitative estimate of drug-likeness (QED) is 0.775. The number of hydrogen-bond donors (Lipinski definition) is 1. The van der Waals surface area contributed by atoms with Gasteiger partial charge in [-0.1, -0.05) is 13.8 Å². The van der Waals surface area contributed by atoms with Gasteiger partial charge in [0.15, 0.2) is 0 Å². The summed E-state index contributed by atoms with van der Waals surface area (Å²) in [5, 5.41) is 0. The molecule has 0 bridgehead atoms. The maximum atomic E-state index is 12.2. The van der Waals surface area contributed by atoms with Crippen LogP contribution in [0.4, 0.5) is 0 Å². The van der Waals surface area contributed by atoms with Gasteiger partial charge in [-0.2, -0.15) is 0 Å². The van der Waals surface area contributed by atoms with Crippen molar-refractivity contribution in [1.82, 2.24) is 4.90 Å². The van der Waals surface area contributed by atoms with Crippen LogP contribution in [0.3, 0.4) is 0 Å². The Hall–Kier alpha value is -0.570. The summed E-state index contributed by atoms with van der Waals surface area (Å²) in [5.41, 5.74) is 5.38. The van der Waals surface area contributed by atoms with Gasteiger partial charge in [-0.05, 0) is 33.1 Å². The van der Waals surface area contributed by atoms with E-state index in [1.807, 2.05) is 32.6 Å². The standard InChI is InChI=1S/C12H24N2O/c1-11(2,9-12(3,4)13)10(15)14-7-5-6-8-14/h5-9,13H2,1-4H3. The van der Waals surface area contributed by atoms with Crippen molar-refractivity contribution >= 4 is 5.91 Å². The molecule has 0 aromatic rings. The van der Waals surface area contributed by atoms with Crippen molar-refractivity contribution in [2.24, 2.45) is 11.1 Å². The molecule has 0 saturated carbocycles. The third-order valence-electron chi connectivity index (χ3n) is 2.87. The van der Waals surface area contributed by atoms with E-state index in [0.29, 0.717) is 0 Å². The van der Waals surface area contributed by atoms with E-state index in [-0.39, 0.29) is 16.9 Å². The summed E-state index contributed by atoms with van der Waals surface area (Å²) in [6, 6.07) is 0. The van der Waals surface area contributed by atoms with Crippen LogP contribution >= 0.6 is 0 Å². The van der Waals surface area contributed by atoms with Crippen molar-refractivity contribution in [3.8, 4) is 0 Å². The van der Waals surface area contributed by atoms with Gasteiger partial charge in [0.1, 0.15) is 0 Å². The Morgan fingerprint density at radius 3 is 2.07 bits per heavy atom. The summed E-state index contributed by atoms with van der Waals surface area (Å²) in [7, 11) is 0. The Bertz CT molecular complexity index is 234. The summed E-state index contributed by atoms with van der Waals surface area (Å²) >= 11 is 0. The highest BCUT2D eigenvalue weighted by molar-refractivity contribution is 5.82. The first kappa shape index (κ1) is 12.5. The number of nitrogens with zero attached hydrogens (tertiary/aromatic N) is 1. The number of hydrogen-bond acceptors (Lipinski definition) is 2. The molecule has 0 aromatic heterocycles. The fourth-order valence-corrected chi connectivity index (χ4v) is 2.56. The zero-order chi connectivity index (χ0) is 11.7. The first-order valence-corrected chi connectivity index (χ1v) is 5.81. The van der Waals surface area contributed by atoms with Crippen molar-refractivity contribution in [1.29, 1.82) is 0 Å². The van der Waals surface area contributed by atoms with Gasteiger partial charge in [0.05, 0.1) is 0 Å². The number of amides is 1. The van der Waals surface area contributed by atoms with Crippen LogP contribution in [0.25, 0.3) is 0 Å². The number of carbonyl (C=O) groups excluding carboxylic acids is 1. The minimum absolute atomic E-state index is 0.263. The number of nitrogens with two attached hydrogens (primary N) is 1. The van der Waals surface area contributed by atoms with Crippen LogP contribution < -0.4 is 5.73 Å². The van der Waals surface area contributed by atoms with Crippen LogP contribution in [-0.4, -0.2) is 29.4 Å². The minimum atomic E-state index is -0.331. The summed E-state index contributed by atoms with van der Waals surface area (Å²) in [6.07, 6.45) is 3.02. The summed E-state index contributed by atoms with van der Waals surface area (Å²) in [5.74, 6) is 0.263. The van der Waals surface area contributed by atoms with Gasteiger partial charge in [0, 0.05) is 24.0 Å². The molecular weight excluding hydrogens is 188 g/mol. The van der Waals surface area contributed by atoms with Crippen LogP contribution in [0, 0.1) is 5.41 Å². The lowest BCUT2D eigenvalue weighted by Gasteiger charge is -2.34.